The Hall–Kier alpha value is -1.92. The lowest BCUT2D eigenvalue weighted by molar-refractivity contribution is -0.508. The Morgan fingerprint density at radius 2 is 2.05 bits per heavy atom. The fraction of sp³-hybridized carbons (Fsp3) is 0.417. The van der Waals surface area contributed by atoms with Crippen LogP contribution in [0.25, 0.3) is 0 Å². The van der Waals surface area contributed by atoms with Crippen molar-refractivity contribution in [3.05, 3.63) is 45.5 Å². The van der Waals surface area contributed by atoms with E-state index < -0.39 is 28.5 Å². The van der Waals surface area contributed by atoms with Gasteiger partial charge in [0.25, 0.3) is 6.04 Å². The van der Waals surface area contributed by atoms with E-state index in [1.807, 2.05) is 0 Å². The molecule has 0 saturated carbocycles. The summed E-state index contributed by atoms with van der Waals surface area (Å²) in [7, 11) is 0. The van der Waals surface area contributed by atoms with Gasteiger partial charge in [-0.1, -0.05) is 18.2 Å². The van der Waals surface area contributed by atoms with Crippen molar-refractivity contribution < 1.29 is 22.9 Å². The second kappa shape index (κ2) is 5.81. The van der Waals surface area contributed by atoms with Crippen molar-refractivity contribution in [3.8, 4) is 0 Å². The van der Waals surface area contributed by atoms with E-state index in [1.54, 1.807) is 0 Å². The molecule has 0 amide bonds. The summed E-state index contributed by atoms with van der Waals surface area (Å²) in [6.07, 6.45) is -4.50. The van der Waals surface area contributed by atoms with E-state index in [1.165, 1.54) is 12.1 Å². The van der Waals surface area contributed by atoms with Gasteiger partial charge in [-0.05, 0) is 18.1 Å². The van der Waals surface area contributed by atoms with Crippen LogP contribution in [0.2, 0.25) is 0 Å². The van der Waals surface area contributed by atoms with E-state index in [0.717, 1.165) is 19.1 Å². The van der Waals surface area contributed by atoms with Crippen molar-refractivity contribution in [3.63, 3.8) is 0 Å². The van der Waals surface area contributed by atoms with Gasteiger partial charge in [0.2, 0.25) is 5.78 Å². The van der Waals surface area contributed by atoms with Crippen LogP contribution in [0.4, 0.5) is 13.2 Å². The Labute approximate surface area is 107 Å². The average Bonchev–Trinajstić information content (AvgIpc) is 2.27. The minimum Gasteiger partial charge on any atom is -0.292 e. The largest absolute Gasteiger partial charge is 0.416 e. The highest BCUT2D eigenvalue weighted by atomic mass is 19.4. The van der Waals surface area contributed by atoms with Crippen LogP contribution in [0.3, 0.4) is 0 Å². The Morgan fingerprint density at radius 1 is 1.42 bits per heavy atom. The van der Waals surface area contributed by atoms with Crippen molar-refractivity contribution in [2.45, 2.75) is 32.0 Å². The summed E-state index contributed by atoms with van der Waals surface area (Å²) in [4.78, 5) is 20.9. The molecular weight excluding hydrogens is 263 g/mol. The fourth-order valence-electron chi connectivity index (χ4n) is 1.66. The molecule has 0 fully saturated rings. The molecule has 1 atom stereocenters. The SMILES string of the molecule is CC(=O)C(CCc1cccc(C(F)(F)F)c1)[N+](=O)[O-]. The predicted molar refractivity (Wildman–Crippen MR) is 61.2 cm³/mol. The van der Waals surface area contributed by atoms with Gasteiger partial charge in [0.1, 0.15) is 0 Å². The molecule has 0 aromatic heterocycles. The van der Waals surface area contributed by atoms with Gasteiger partial charge in [0, 0.05) is 18.3 Å². The van der Waals surface area contributed by atoms with Crippen LogP contribution >= 0.6 is 0 Å². The molecule has 1 aromatic rings. The van der Waals surface area contributed by atoms with Crippen LogP contribution in [-0.2, 0) is 17.4 Å². The Morgan fingerprint density at radius 3 is 2.53 bits per heavy atom. The summed E-state index contributed by atoms with van der Waals surface area (Å²) in [5.41, 5.74) is -0.478. The van der Waals surface area contributed by atoms with Crippen LogP contribution in [0.5, 0.6) is 0 Å². The molecule has 7 heteroatoms. The number of ketones is 1. The van der Waals surface area contributed by atoms with Gasteiger partial charge < -0.3 is 0 Å². The standard InChI is InChI=1S/C12H12F3NO3/c1-8(17)11(16(18)19)6-5-9-3-2-4-10(7-9)12(13,14)15/h2-4,7,11H,5-6H2,1H3. The number of benzene rings is 1. The highest BCUT2D eigenvalue weighted by molar-refractivity contribution is 5.80. The summed E-state index contributed by atoms with van der Waals surface area (Å²) >= 11 is 0. The molecule has 0 aliphatic heterocycles. The Bertz CT molecular complexity index is 471. The number of carbonyl (C=O) groups is 1. The number of hydrogen-bond donors (Lipinski definition) is 0. The van der Waals surface area contributed by atoms with Crippen LogP contribution in [-0.4, -0.2) is 16.7 Å². The first-order valence-electron chi connectivity index (χ1n) is 5.52. The molecule has 0 bridgehead atoms. The highest BCUT2D eigenvalue weighted by Gasteiger charge is 2.30. The summed E-state index contributed by atoms with van der Waals surface area (Å²) in [6.45, 7) is 1.10. The zero-order valence-electron chi connectivity index (χ0n) is 10.1. The van der Waals surface area contributed by atoms with E-state index in [2.05, 4.69) is 0 Å². The van der Waals surface area contributed by atoms with Crippen LogP contribution in [0, 0.1) is 10.1 Å². The van der Waals surface area contributed by atoms with E-state index in [9.17, 15) is 28.1 Å². The number of nitrogens with zero attached hydrogens (tertiary/aromatic N) is 1. The van der Waals surface area contributed by atoms with Gasteiger partial charge >= 0.3 is 6.18 Å². The second-order valence-corrected chi connectivity index (χ2v) is 4.15. The molecule has 0 heterocycles. The van der Waals surface area contributed by atoms with Gasteiger partial charge in [0.15, 0.2) is 0 Å². The van der Waals surface area contributed by atoms with Crippen molar-refractivity contribution in [2.75, 3.05) is 0 Å². The third-order valence-electron chi connectivity index (χ3n) is 2.68. The molecule has 104 valence electrons. The third kappa shape index (κ3) is 4.35. The maximum atomic E-state index is 12.5. The number of hydrogen-bond acceptors (Lipinski definition) is 3. The lowest BCUT2D eigenvalue weighted by Crippen LogP contribution is -2.27. The van der Waals surface area contributed by atoms with Gasteiger partial charge in [-0.25, -0.2) is 0 Å². The predicted octanol–water partition coefficient (Wildman–Crippen LogP) is 2.87. The molecule has 1 unspecified atom stereocenters. The van der Waals surface area contributed by atoms with Crippen molar-refractivity contribution in [1.29, 1.82) is 0 Å². The molecule has 0 aliphatic carbocycles. The second-order valence-electron chi connectivity index (χ2n) is 4.15. The van der Waals surface area contributed by atoms with Crippen molar-refractivity contribution >= 4 is 5.78 Å². The summed E-state index contributed by atoms with van der Waals surface area (Å²) in [5.74, 6) is -0.600. The van der Waals surface area contributed by atoms with Crippen molar-refractivity contribution in [2.24, 2.45) is 0 Å². The number of carbonyl (C=O) groups excluding carboxylic acids is 1. The summed E-state index contributed by atoms with van der Waals surface area (Å²) in [6, 6.07) is 3.20. The van der Waals surface area contributed by atoms with E-state index >= 15 is 0 Å². The molecule has 0 aliphatic rings. The minimum absolute atomic E-state index is 0.0507. The molecule has 1 aromatic carbocycles. The first-order valence-corrected chi connectivity index (χ1v) is 5.52. The molecule has 19 heavy (non-hydrogen) atoms. The lowest BCUT2D eigenvalue weighted by atomic mass is 10.0. The smallest absolute Gasteiger partial charge is 0.292 e. The topological polar surface area (TPSA) is 60.2 Å². The minimum atomic E-state index is -4.45. The Balaban J connectivity index is 2.78. The normalized spacial score (nSPS) is 13.1. The van der Waals surface area contributed by atoms with E-state index in [-0.39, 0.29) is 12.8 Å². The molecule has 0 N–H and O–H groups in total. The summed E-state index contributed by atoms with van der Waals surface area (Å²) < 4.78 is 37.4. The maximum Gasteiger partial charge on any atom is 0.416 e. The van der Waals surface area contributed by atoms with Crippen LogP contribution in [0.15, 0.2) is 24.3 Å². The first kappa shape index (κ1) is 15.1. The molecule has 0 saturated heterocycles. The number of aryl methyl sites for hydroxylation is 1. The lowest BCUT2D eigenvalue weighted by Gasteiger charge is -2.09. The highest BCUT2D eigenvalue weighted by Crippen LogP contribution is 2.29. The molecule has 1 rings (SSSR count). The quantitative estimate of drug-likeness (QED) is 0.613. The Kier molecular flexibility index (Phi) is 4.63. The first-order chi connectivity index (χ1) is 8.71. The zero-order chi connectivity index (χ0) is 14.6. The maximum absolute atomic E-state index is 12.5. The van der Waals surface area contributed by atoms with Gasteiger partial charge in [-0.2, -0.15) is 13.2 Å². The van der Waals surface area contributed by atoms with Crippen molar-refractivity contribution in [1.82, 2.24) is 0 Å². The van der Waals surface area contributed by atoms with Gasteiger partial charge in [-0.3, -0.25) is 14.9 Å². The molecule has 4 nitrogen and oxygen atoms in total. The number of nitro groups is 1. The van der Waals surface area contributed by atoms with Crippen LogP contribution < -0.4 is 0 Å². The average molecular weight is 275 g/mol. The third-order valence-corrected chi connectivity index (χ3v) is 2.68. The number of Topliss-reactive ketones (excluding diaryl/α,β-unsaturated/α-hetero) is 1. The zero-order valence-corrected chi connectivity index (χ0v) is 10.1. The molecule has 0 spiro atoms. The summed E-state index contributed by atoms with van der Waals surface area (Å²) in [5, 5.41) is 10.6. The van der Waals surface area contributed by atoms with E-state index in [0.29, 0.717) is 5.56 Å². The van der Waals surface area contributed by atoms with Crippen LogP contribution in [0.1, 0.15) is 24.5 Å². The number of rotatable bonds is 5. The molecule has 0 radical (unpaired) electrons. The fourth-order valence-corrected chi connectivity index (χ4v) is 1.66. The number of alkyl halides is 3. The van der Waals surface area contributed by atoms with Gasteiger partial charge in [0.05, 0.1) is 5.56 Å². The monoisotopic (exact) mass is 275 g/mol. The van der Waals surface area contributed by atoms with E-state index in [4.69, 9.17) is 0 Å². The van der Waals surface area contributed by atoms with Gasteiger partial charge in [-0.15, -0.1) is 0 Å². The molecular formula is C12H12F3NO3. The number of halogens is 3.